The van der Waals surface area contributed by atoms with E-state index in [2.05, 4.69) is 0 Å². The summed E-state index contributed by atoms with van der Waals surface area (Å²) in [4.78, 5) is 23.2. The third kappa shape index (κ3) is 2.59. The van der Waals surface area contributed by atoms with E-state index in [1.54, 1.807) is 12.1 Å². The van der Waals surface area contributed by atoms with Crippen LogP contribution in [0, 0.1) is 0 Å². The molecule has 1 atom stereocenters. The summed E-state index contributed by atoms with van der Waals surface area (Å²) >= 11 is 0. The number of benzene rings is 1. The fourth-order valence-electron chi connectivity index (χ4n) is 3.29. The molecule has 1 aromatic carbocycles. The largest absolute Gasteiger partial charge is 0.480 e. The second kappa shape index (κ2) is 5.86. The van der Waals surface area contributed by atoms with Gasteiger partial charge in [0, 0.05) is 6.54 Å². The lowest BCUT2D eigenvalue weighted by Gasteiger charge is -2.21. The van der Waals surface area contributed by atoms with E-state index in [1.165, 1.54) is 19.2 Å². The zero-order valence-electron chi connectivity index (χ0n) is 13.3. The Hall–Kier alpha value is -1.93. The third-order valence-corrected chi connectivity index (χ3v) is 6.75. The number of rotatable bonds is 5. The normalized spacial score (nSPS) is 23.0. The van der Waals surface area contributed by atoms with Crippen LogP contribution in [0.4, 0.5) is 0 Å². The molecule has 0 radical (unpaired) electrons. The van der Waals surface area contributed by atoms with Gasteiger partial charge in [0.05, 0.1) is 17.4 Å². The number of aliphatic carboxylic acids is 1. The zero-order valence-corrected chi connectivity index (χ0v) is 14.1. The zero-order chi connectivity index (χ0) is 17.5. The second-order valence-electron chi connectivity index (χ2n) is 6.21. The average Bonchev–Trinajstić information content (AvgIpc) is 3.22. The van der Waals surface area contributed by atoms with Crippen LogP contribution < -0.4 is 0 Å². The second-order valence-corrected chi connectivity index (χ2v) is 8.10. The summed E-state index contributed by atoms with van der Waals surface area (Å²) in [5.41, 5.74) is 0.0679. The number of carboxylic acids is 1. The smallest absolute Gasteiger partial charge is 0.322 e. The van der Waals surface area contributed by atoms with Gasteiger partial charge in [-0.3, -0.25) is 9.59 Å². The highest BCUT2D eigenvalue weighted by molar-refractivity contribution is 7.89. The summed E-state index contributed by atoms with van der Waals surface area (Å²) in [7, 11) is -2.53. The molecule has 2 fully saturated rings. The molecular formula is C16H19NO6S. The van der Waals surface area contributed by atoms with Gasteiger partial charge < -0.3 is 9.84 Å². The van der Waals surface area contributed by atoms with Crippen molar-refractivity contribution in [1.29, 1.82) is 0 Å². The van der Waals surface area contributed by atoms with E-state index in [0.717, 1.165) is 9.87 Å². The maximum atomic E-state index is 12.7. The van der Waals surface area contributed by atoms with Gasteiger partial charge in [0.2, 0.25) is 10.0 Å². The quantitative estimate of drug-likeness (QED) is 0.796. The molecule has 1 aliphatic heterocycles. The van der Waals surface area contributed by atoms with Crippen molar-refractivity contribution in [2.75, 3.05) is 13.7 Å². The molecule has 1 unspecified atom stereocenters. The van der Waals surface area contributed by atoms with Crippen molar-refractivity contribution in [3.63, 3.8) is 0 Å². The van der Waals surface area contributed by atoms with Crippen molar-refractivity contribution in [3.05, 3.63) is 29.8 Å². The molecule has 1 aromatic rings. The van der Waals surface area contributed by atoms with Crippen LogP contribution >= 0.6 is 0 Å². The molecule has 7 nitrogen and oxygen atoms in total. The number of hydrogen-bond acceptors (Lipinski definition) is 5. The van der Waals surface area contributed by atoms with Gasteiger partial charge in [-0.25, -0.2) is 8.42 Å². The summed E-state index contributed by atoms with van der Waals surface area (Å²) in [5, 5.41) is 9.18. The van der Waals surface area contributed by atoms with E-state index < -0.39 is 27.4 Å². The lowest BCUT2D eigenvalue weighted by molar-refractivity contribution is -0.143. The first-order valence-electron chi connectivity index (χ1n) is 7.76. The van der Waals surface area contributed by atoms with Crippen LogP contribution in [0.2, 0.25) is 0 Å². The van der Waals surface area contributed by atoms with E-state index in [9.17, 15) is 23.1 Å². The summed E-state index contributed by atoms with van der Waals surface area (Å²) < 4.78 is 31.2. The van der Waals surface area contributed by atoms with Crippen molar-refractivity contribution < 1.29 is 27.9 Å². The Morgan fingerprint density at radius 1 is 1.25 bits per heavy atom. The lowest BCUT2D eigenvalue weighted by atomic mass is 9.96. The van der Waals surface area contributed by atoms with Gasteiger partial charge in [-0.2, -0.15) is 4.31 Å². The van der Waals surface area contributed by atoms with Crippen LogP contribution in [-0.4, -0.2) is 49.5 Å². The molecule has 24 heavy (non-hydrogen) atoms. The van der Waals surface area contributed by atoms with Gasteiger partial charge in [-0.05, 0) is 43.4 Å². The van der Waals surface area contributed by atoms with Gasteiger partial charge in [-0.15, -0.1) is 0 Å². The minimum atomic E-state index is -3.86. The van der Waals surface area contributed by atoms with Crippen molar-refractivity contribution in [2.45, 2.75) is 42.0 Å². The Morgan fingerprint density at radius 2 is 1.88 bits per heavy atom. The van der Waals surface area contributed by atoms with Crippen LogP contribution in [0.25, 0.3) is 0 Å². The molecule has 0 spiro atoms. The summed E-state index contributed by atoms with van der Waals surface area (Å²) in [6.45, 7) is 0.202. The highest BCUT2D eigenvalue weighted by Gasteiger charge is 2.52. The Bertz CT molecular complexity index is 766. The Balaban J connectivity index is 1.88. The Kier molecular flexibility index (Phi) is 4.13. The minimum Gasteiger partial charge on any atom is -0.480 e. The van der Waals surface area contributed by atoms with Crippen LogP contribution in [0.3, 0.4) is 0 Å². The number of nitrogens with zero attached hydrogens (tertiary/aromatic N) is 1. The number of sulfonamides is 1. The number of hydrogen-bond donors (Lipinski definition) is 1. The van der Waals surface area contributed by atoms with E-state index in [1.807, 2.05) is 0 Å². The molecule has 1 saturated heterocycles. The van der Waals surface area contributed by atoms with Crippen LogP contribution in [0.5, 0.6) is 0 Å². The van der Waals surface area contributed by atoms with Crippen molar-refractivity contribution >= 4 is 22.0 Å². The first kappa shape index (κ1) is 16.9. The van der Waals surface area contributed by atoms with Crippen LogP contribution in [0.1, 0.15) is 31.2 Å². The topological polar surface area (TPSA) is 101 Å². The molecule has 2 aliphatic rings. The van der Waals surface area contributed by atoms with Crippen LogP contribution in [-0.2, 0) is 29.8 Å². The highest BCUT2D eigenvalue weighted by atomic mass is 32.2. The van der Waals surface area contributed by atoms with E-state index in [4.69, 9.17) is 4.74 Å². The molecule has 8 heteroatoms. The summed E-state index contributed by atoms with van der Waals surface area (Å²) in [6.07, 6.45) is 2.20. The number of carboxylic acid groups (broad SMARTS) is 1. The fourth-order valence-corrected chi connectivity index (χ4v) is 4.94. The maximum Gasteiger partial charge on any atom is 0.322 e. The SMILES string of the molecule is COC(=O)C1(c2ccc(S(=O)(=O)N3CCCC3C(=O)O)cc2)CC1. The molecule has 130 valence electrons. The maximum absolute atomic E-state index is 12.7. The van der Waals surface area contributed by atoms with Crippen molar-refractivity contribution in [1.82, 2.24) is 4.31 Å². The fraction of sp³-hybridized carbons (Fsp3) is 0.500. The van der Waals surface area contributed by atoms with Crippen molar-refractivity contribution in [2.24, 2.45) is 0 Å². The first-order chi connectivity index (χ1) is 11.3. The first-order valence-corrected chi connectivity index (χ1v) is 9.20. The van der Waals surface area contributed by atoms with E-state index in [-0.39, 0.29) is 17.4 Å². The number of methoxy groups -OCH3 is 1. The molecule has 3 rings (SSSR count). The third-order valence-electron chi connectivity index (χ3n) is 4.83. The standard InChI is InChI=1S/C16H19NO6S/c1-23-15(20)16(8-9-16)11-4-6-12(7-5-11)24(21,22)17-10-2-3-13(17)14(18)19/h4-7,13H,2-3,8-10H2,1H3,(H,18,19). The van der Waals surface area contributed by atoms with Gasteiger partial charge >= 0.3 is 11.9 Å². The molecular weight excluding hydrogens is 334 g/mol. The van der Waals surface area contributed by atoms with Crippen LogP contribution in [0.15, 0.2) is 29.2 Å². The monoisotopic (exact) mass is 353 g/mol. The molecule has 0 bridgehead atoms. The number of esters is 1. The van der Waals surface area contributed by atoms with Gasteiger partial charge in [0.25, 0.3) is 0 Å². The van der Waals surface area contributed by atoms with E-state index in [0.29, 0.717) is 25.7 Å². The van der Waals surface area contributed by atoms with Gasteiger partial charge in [0.1, 0.15) is 6.04 Å². The number of carbonyl (C=O) groups excluding carboxylic acids is 1. The molecule has 0 aromatic heterocycles. The Labute approximate surface area is 140 Å². The van der Waals surface area contributed by atoms with E-state index >= 15 is 0 Å². The number of ether oxygens (including phenoxy) is 1. The molecule has 1 heterocycles. The highest BCUT2D eigenvalue weighted by Crippen LogP contribution is 2.49. The lowest BCUT2D eigenvalue weighted by Crippen LogP contribution is -2.40. The summed E-state index contributed by atoms with van der Waals surface area (Å²) in [5.74, 6) is -1.45. The molecule has 1 saturated carbocycles. The minimum absolute atomic E-state index is 0.0417. The molecule has 0 amide bonds. The predicted molar refractivity (Wildman–Crippen MR) is 83.9 cm³/mol. The van der Waals surface area contributed by atoms with Gasteiger partial charge in [0.15, 0.2) is 0 Å². The Morgan fingerprint density at radius 3 is 2.38 bits per heavy atom. The molecule has 1 N–H and O–H groups in total. The molecule has 1 aliphatic carbocycles. The summed E-state index contributed by atoms with van der Waals surface area (Å²) in [6, 6.07) is 5.08. The predicted octanol–water partition coefficient (Wildman–Crippen LogP) is 1.13. The van der Waals surface area contributed by atoms with Crippen molar-refractivity contribution in [3.8, 4) is 0 Å². The average molecular weight is 353 g/mol. The number of carbonyl (C=O) groups is 2. The van der Waals surface area contributed by atoms with Gasteiger partial charge in [-0.1, -0.05) is 12.1 Å².